The van der Waals surface area contributed by atoms with Crippen molar-refractivity contribution in [2.75, 3.05) is 0 Å². The molecule has 0 spiro atoms. The summed E-state index contributed by atoms with van der Waals surface area (Å²) in [6.45, 7) is 0. The van der Waals surface area contributed by atoms with Crippen LogP contribution in [-0.2, 0) is 14.2 Å². The molecular weight excluding hydrogens is 416 g/mol. The summed E-state index contributed by atoms with van der Waals surface area (Å²) in [6, 6.07) is 18.0. The van der Waals surface area contributed by atoms with Crippen molar-refractivity contribution in [3.63, 3.8) is 0 Å². The van der Waals surface area contributed by atoms with Gasteiger partial charge >= 0.3 is 11.9 Å². The average Bonchev–Trinajstić information content (AvgIpc) is 3.40. The Bertz CT molecular complexity index is 924. The van der Waals surface area contributed by atoms with Gasteiger partial charge in [0.2, 0.25) is 0 Å². The quantitative estimate of drug-likeness (QED) is 0.615. The number of rotatable bonds is 4. The van der Waals surface area contributed by atoms with Gasteiger partial charge in [-0.05, 0) is 60.8 Å². The van der Waals surface area contributed by atoms with Crippen molar-refractivity contribution >= 4 is 11.9 Å². The first-order valence-electron chi connectivity index (χ1n) is 12.4. The molecule has 0 radical (unpaired) electrons. The molecule has 5 nitrogen and oxygen atoms in total. The topological polar surface area (TPSA) is 61.8 Å². The maximum absolute atomic E-state index is 12.9. The van der Waals surface area contributed by atoms with Crippen LogP contribution in [0.25, 0.3) is 0 Å². The maximum atomic E-state index is 12.9. The highest BCUT2D eigenvalue weighted by atomic mass is 16.6. The molecule has 172 valence electrons. The average molecular weight is 447 g/mol. The van der Waals surface area contributed by atoms with Gasteiger partial charge in [-0.3, -0.25) is 0 Å². The highest BCUT2D eigenvalue weighted by molar-refractivity contribution is 5.90. The Morgan fingerprint density at radius 2 is 1.09 bits per heavy atom. The van der Waals surface area contributed by atoms with E-state index in [1.807, 2.05) is 36.4 Å². The minimum absolute atomic E-state index is 0.205. The fraction of sp³-hybridized carbons (Fsp3) is 0.500. The molecule has 2 saturated heterocycles. The van der Waals surface area contributed by atoms with E-state index >= 15 is 0 Å². The number of carbonyl (C=O) groups is 2. The van der Waals surface area contributed by atoms with E-state index in [2.05, 4.69) is 0 Å². The molecule has 2 aliphatic carbocycles. The molecule has 8 unspecified atom stereocenters. The Balaban J connectivity index is 1.26. The van der Waals surface area contributed by atoms with Crippen molar-refractivity contribution in [3.05, 3.63) is 71.8 Å². The molecule has 8 atom stereocenters. The summed E-state index contributed by atoms with van der Waals surface area (Å²) >= 11 is 0. The third-order valence-electron chi connectivity index (χ3n) is 8.40. The van der Waals surface area contributed by atoms with E-state index in [0.717, 1.165) is 24.7 Å². The predicted molar refractivity (Wildman–Crippen MR) is 122 cm³/mol. The summed E-state index contributed by atoms with van der Waals surface area (Å²) in [5, 5.41) is 0. The summed E-state index contributed by atoms with van der Waals surface area (Å²) in [7, 11) is 0. The van der Waals surface area contributed by atoms with Gasteiger partial charge < -0.3 is 14.2 Å². The zero-order valence-corrected chi connectivity index (χ0v) is 18.7. The largest absolute Gasteiger partial charge is 0.452 e. The second kappa shape index (κ2) is 8.60. The van der Waals surface area contributed by atoms with E-state index in [1.165, 1.54) is 25.7 Å². The van der Waals surface area contributed by atoms with Crippen LogP contribution in [0.2, 0.25) is 0 Å². The van der Waals surface area contributed by atoms with Crippen LogP contribution in [0.15, 0.2) is 60.7 Å². The van der Waals surface area contributed by atoms with Gasteiger partial charge in [0.1, 0.15) is 12.2 Å². The Morgan fingerprint density at radius 1 is 0.667 bits per heavy atom. The van der Waals surface area contributed by atoms with Gasteiger partial charge in [-0.2, -0.15) is 0 Å². The van der Waals surface area contributed by atoms with Crippen LogP contribution in [0.3, 0.4) is 0 Å². The number of esters is 2. The van der Waals surface area contributed by atoms with E-state index in [9.17, 15) is 9.59 Å². The number of ether oxygens (including phenoxy) is 3. The highest BCUT2D eigenvalue weighted by Crippen LogP contribution is 2.57. The van der Waals surface area contributed by atoms with Crippen molar-refractivity contribution in [3.8, 4) is 0 Å². The van der Waals surface area contributed by atoms with E-state index in [-0.39, 0.29) is 24.1 Å². The van der Waals surface area contributed by atoms with Gasteiger partial charge in [-0.15, -0.1) is 0 Å². The first-order valence-corrected chi connectivity index (χ1v) is 12.4. The third-order valence-corrected chi connectivity index (χ3v) is 8.40. The fourth-order valence-electron chi connectivity index (χ4n) is 6.91. The second-order valence-corrected chi connectivity index (χ2v) is 10.1. The molecule has 0 aromatic heterocycles. The highest BCUT2D eigenvalue weighted by Gasteiger charge is 2.64. The van der Waals surface area contributed by atoms with E-state index in [4.69, 9.17) is 14.2 Å². The number of fused-ring (bicyclic) bond motifs is 6. The van der Waals surface area contributed by atoms with Gasteiger partial charge in [0.05, 0.1) is 11.1 Å². The Hall–Kier alpha value is -2.66. The summed E-state index contributed by atoms with van der Waals surface area (Å²) < 4.78 is 18.5. The SMILES string of the molecule is O=C(OC1C2OC(C3CC4CCCCC4CC32)C1OC(=O)c1ccccc1)c1ccccc1. The standard InChI is InChI=1S/C28H30O5/c29-27(17-9-3-1-4-10-17)32-25-23-21-15-19-13-7-8-14-20(19)16-22(21)24(31-23)26(25)33-28(30)18-11-5-2-6-12-18/h1-6,9-12,19-26H,7-8,13-16H2. The smallest absolute Gasteiger partial charge is 0.338 e. The van der Waals surface area contributed by atoms with Crippen molar-refractivity contribution in [1.82, 2.24) is 0 Å². The zero-order valence-electron chi connectivity index (χ0n) is 18.7. The Kier molecular flexibility index (Phi) is 5.45. The van der Waals surface area contributed by atoms with Crippen LogP contribution < -0.4 is 0 Å². The van der Waals surface area contributed by atoms with Crippen molar-refractivity contribution < 1.29 is 23.8 Å². The third kappa shape index (κ3) is 3.76. The van der Waals surface area contributed by atoms with Gasteiger partial charge in [-0.25, -0.2) is 9.59 Å². The molecule has 4 aliphatic rings. The molecule has 33 heavy (non-hydrogen) atoms. The zero-order chi connectivity index (χ0) is 22.4. The number of hydrogen-bond acceptors (Lipinski definition) is 5. The summed E-state index contributed by atoms with van der Waals surface area (Å²) in [5.74, 6) is 1.46. The number of carbonyl (C=O) groups excluding carboxylic acids is 2. The van der Waals surface area contributed by atoms with Gasteiger partial charge in [0.25, 0.3) is 0 Å². The van der Waals surface area contributed by atoms with Crippen LogP contribution in [0.4, 0.5) is 0 Å². The Labute approximate surface area is 194 Å². The molecular formula is C28H30O5. The van der Waals surface area contributed by atoms with E-state index in [1.54, 1.807) is 24.3 Å². The number of hydrogen-bond donors (Lipinski definition) is 0. The van der Waals surface area contributed by atoms with Crippen LogP contribution in [0, 0.1) is 23.7 Å². The minimum atomic E-state index is -0.572. The van der Waals surface area contributed by atoms with Crippen molar-refractivity contribution in [2.45, 2.75) is 62.9 Å². The van der Waals surface area contributed by atoms with Gasteiger partial charge in [-0.1, -0.05) is 62.1 Å². The Morgan fingerprint density at radius 3 is 1.52 bits per heavy atom. The van der Waals surface area contributed by atoms with E-state index < -0.39 is 12.2 Å². The monoisotopic (exact) mass is 446 g/mol. The molecule has 2 aromatic carbocycles. The molecule has 2 aliphatic heterocycles. The van der Waals surface area contributed by atoms with Gasteiger partial charge in [0.15, 0.2) is 12.2 Å². The molecule has 0 amide bonds. The van der Waals surface area contributed by atoms with E-state index in [0.29, 0.717) is 23.0 Å². The molecule has 5 heteroatoms. The second-order valence-electron chi connectivity index (χ2n) is 10.1. The molecule has 2 bridgehead atoms. The fourth-order valence-corrected chi connectivity index (χ4v) is 6.91. The first-order chi connectivity index (χ1) is 16.2. The summed E-state index contributed by atoms with van der Waals surface area (Å²) in [5.41, 5.74) is 1.00. The molecule has 0 N–H and O–H groups in total. The van der Waals surface area contributed by atoms with Gasteiger partial charge in [0, 0.05) is 0 Å². The lowest BCUT2D eigenvalue weighted by Gasteiger charge is -2.46. The number of benzene rings is 2. The molecule has 2 saturated carbocycles. The normalized spacial score (nSPS) is 36.5. The maximum Gasteiger partial charge on any atom is 0.338 e. The predicted octanol–water partition coefficient (Wildman–Crippen LogP) is 5.05. The van der Waals surface area contributed by atoms with Crippen LogP contribution in [-0.4, -0.2) is 36.4 Å². The molecule has 2 aromatic rings. The lowest BCUT2D eigenvalue weighted by atomic mass is 9.59. The van der Waals surface area contributed by atoms with Crippen LogP contribution in [0.5, 0.6) is 0 Å². The van der Waals surface area contributed by atoms with Crippen LogP contribution >= 0.6 is 0 Å². The minimum Gasteiger partial charge on any atom is -0.452 e. The lowest BCUT2D eigenvalue weighted by Crippen LogP contribution is -2.53. The molecule has 4 fully saturated rings. The molecule has 6 rings (SSSR count). The van der Waals surface area contributed by atoms with Crippen molar-refractivity contribution in [1.29, 1.82) is 0 Å². The summed E-state index contributed by atoms with van der Waals surface area (Å²) in [6.07, 6.45) is 5.94. The first kappa shape index (κ1) is 20.9. The molecule has 2 heterocycles. The lowest BCUT2D eigenvalue weighted by molar-refractivity contribution is -0.0728. The van der Waals surface area contributed by atoms with Crippen LogP contribution in [0.1, 0.15) is 59.2 Å². The summed E-state index contributed by atoms with van der Waals surface area (Å²) in [4.78, 5) is 25.9. The van der Waals surface area contributed by atoms with Crippen molar-refractivity contribution in [2.24, 2.45) is 23.7 Å².